The van der Waals surface area contributed by atoms with Gasteiger partial charge in [-0.15, -0.1) is 0 Å². The average Bonchev–Trinajstić information content (AvgIpc) is 2.67. The van der Waals surface area contributed by atoms with Gasteiger partial charge in [-0.2, -0.15) is 0 Å². The quantitative estimate of drug-likeness (QED) is 0.610. The number of rotatable bonds is 6. The Morgan fingerprint density at radius 2 is 1.86 bits per heavy atom. The Labute approximate surface area is 137 Å². The maximum atomic E-state index is 4.47. The van der Waals surface area contributed by atoms with E-state index in [2.05, 4.69) is 65.2 Å². The second kappa shape index (κ2) is 6.48. The van der Waals surface area contributed by atoms with Crippen molar-refractivity contribution in [3.05, 3.63) is 41.1 Å². The van der Waals surface area contributed by atoms with Crippen LogP contribution in [0.15, 0.2) is 24.4 Å². The topological polar surface area (TPSA) is 3.24 Å². The molecule has 0 spiro atoms. The van der Waals surface area contributed by atoms with Crippen LogP contribution in [0.2, 0.25) is 0 Å². The van der Waals surface area contributed by atoms with E-state index >= 15 is 0 Å². The smallest absolute Gasteiger partial charge is 0.0453 e. The van der Waals surface area contributed by atoms with E-state index in [1.165, 1.54) is 53.8 Å². The molecule has 1 aromatic rings. The van der Waals surface area contributed by atoms with Crippen LogP contribution in [0.5, 0.6) is 0 Å². The number of benzene rings is 1. The van der Waals surface area contributed by atoms with Gasteiger partial charge in [0.2, 0.25) is 0 Å². The molecule has 1 aliphatic rings. The standard InChI is InChI=1S/C21H33N/c1-8-10-11-18(9-2)14-22-17(5)21(6,7)20-16(4)15(3)12-13-19(20)22/h12-13,18H,5,8-11,14H2,1-4,6-7H3. The summed E-state index contributed by atoms with van der Waals surface area (Å²) in [4.78, 5) is 2.51. The Morgan fingerprint density at radius 3 is 2.45 bits per heavy atom. The molecule has 1 nitrogen and oxygen atoms in total. The number of fused-ring (bicyclic) bond motifs is 1. The van der Waals surface area contributed by atoms with E-state index < -0.39 is 0 Å². The van der Waals surface area contributed by atoms with Crippen molar-refractivity contribution in [1.82, 2.24) is 0 Å². The maximum absolute atomic E-state index is 4.47. The highest BCUT2D eigenvalue weighted by Gasteiger charge is 2.40. The molecule has 1 atom stereocenters. The highest BCUT2D eigenvalue weighted by atomic mass is 15.2. The van der Waals surface area contributed by atoms with E-state index in [1.54, 1.807) is 0 Å². The lowest BCUT2D eigenvalue weighted by atomic mass is 9.81. The Balaban J connectivity index is 2.36. The molecule has 1 heteroatoms. The summed E-state index contributed by atoms with van der Waals surface area (Å²) < 4.78 is 0. The fourth-order valence-electron chi connectivity index (χ4n) is 3.83. The molecule has 0 N–H and O–H groups in total. The number of allylic oxidation sites excluding steroid dienone is 1. The molecule has 0 amide bonds. The minimum atomic E-state index is 0.0501. The molecule has 0 radical (unpaired) electrons. The predicted octanol–water partition coefficient (Wildman–Crippen LogP) is 6.13. The second-order valence-corrected chi connectivity index (χ2v) is 7.50. The number of hydrogen-bond acceptors (Lipinski definition) is 1. The van der Waals surface area contributed by atoms with Gasteiger partial charge in [0.1, 0.15) is 0 Å². The molecule has 0 aromatic heterocycles. The predicted molar refractivity (Wildman–Crippen MR) is 98.7 cm³/mol. The van der Waals surface area contributed by atoms with Gasteiger partial charge < -0.3 is 4.90 Å². The largest absolute Gasteiger partial charge is 0.344 e. The molecule has 1 unspecified atom stereocenters. The van der Waals surface area contributed by atoms with Crippen molar-refractivity contribution in [3.8, 4) is 0 Å². The minimum Gasteiger partial charge on any atom is -0.344 e. The average molecular weight is 300 g/mol. The van der Waals surface area contributed by atoms with Crippen molar-refractivity contribution in [2.45, 2.75) is 72.6 Å². The molecular weight excluding hydrogens is 266 g/mol. The van der Waals surface area contributed by atoms with E-state index in [-0.39, 0.29) is 5.41 Å². The van der Waals surface area contributed by atoms with Crippen LogP contribution in [0.4, 0.5) is 5.69 Å². The third-order valence-corrected chi connectivity index (χ3v) is 5.66. The molecular formula is C21H33N. The lowest BCUT2D eigenvalue weighted by Gasteiger charge is -2.29. The lowest BCUT2D eigenvalue weighted by molar-refractivity contribution is 0.451. The molecule has 0 bridgehead atoms. The van der Waals surface area contributed by atoms with Crippen LogP contribution in [0.1, 0.15) is 70.1 Å². The zero-order chi connectivity index (χ0) is 16.5. The highest BCUT2D eigenvalue weighted by molar-refractivity contribution is 5.72. The fourth-order valence-corrected chi connectivity index (χ4v) is 3.83. The normalized spacial score (nSPS) is 17.7. The van der Waals surface area contributed by atoms with Crippen molar-refractivity contribution in [2.24, 2.45) is 5.92 Å². The Kier molecular flexibility index (Phi) is 5.04. The van der Waals surface area contributed by atoms with Gasteiger partial charge in [-0.3, -0.25) is 0 Å². The second-order valence-electron chi connectivity index (χ2n) is 7.50. The first-order valence-electron chi connectivity index (χ1n) is 8.92. The van der Waals surface area contributed by atoms with Crippen LogP contribution in [0.25, 0.3) is 0 Å². The van der Waals surface area contributed by atoms with Crippen LogP contribution in [-0.2, 0) is 5.41 Å². The van der Waals surface area contributed by atoms with Crippen molar-refractivity contribution < 1.29 is 0 Å². The van der Waals surface area contributed by atoms with Crippen LogP contribution < -0.4 is 4.90 Å². The van der Waals surface area contributed by atoms with Crippen molar-refractivity contribution in [1.29, 1.82) is 0 Å². The number of unbranched alkanes of at least 4 members (excludes halogenated alkanes) is 1. The van der Waals surface area contributed by atoms with Gasteiger partial charge in [0.15, 0.2) is 0 Å². The summed E-state index contributed by atoms with van der Waals surface area (Å²) in [5, 5.41) is 0. The Bertz CT molecular complexity index is 553. The van der Waals surface area contributed by atoms with Gasteiger partial charge in [0.25, 0.3) is 0 Å². The van der Waals surface area contributed by atoms with Crippen molar-refractivity contribution in [3.63, 3.8) is 0 Å². The fraction of sp³-hybridized carbons (Fsp3) is 0.619. The summed E-state index contributed by atoms with van der Waals surface area (Å²) in [7, 11) is 0. The Hall–Kier alpha value is -1.24. The number of hydrogen-bond donors (Lipinski definition) is 0. The van der Waals surface area contributed by atoms with E-state index in [0.29, 0.717) is 0 Å². The van der Waals surface area contributed by atoms with Gasteiger partial charge >= 0.3 is 0 Å². The lowest BCUT2D eigenvalue weighted by Crippen LogP contribution is -2.30. The van der Waals surface area contributed by atoms with Crippen LogP contribution in [0.3, 0.4) is 0 Å². The summed E-state index contributed by atoms with van der Waals surface area (Å²) in [5.74, 6) is 0.764. The molecule has 22 heavy (non-hydrogen) atoms. The first-order valence-corrected chi connectivity index (χ1v) is 8.92. The van der Waals surface area contributed by atoms with E-state index in [1.807, 2.05) is 0 Å². The molecule has 0 saturated carbocycles. The third-order valence-electron chi connectivity index (χ3n) is 5.66. The highest BCUT2D eigenvalue weighted by Crippen LogP contribution is 2.49. The van der Waals surface area contributed by atoms with Gasteiger partial charge in [-0.05, 0) is 48.9 Å². The zero-order valence-corrected chi connectivity index (χ0v) is 15.4. The van der Waals surface area contributed by atoms with Crippen molar-refractivity contribution in [2.75, 3.05) is 11.4 Å². The third kappa shape index (κ3) is 2.83. The molecule has 0 fully saturated rings. The summed E-state index contributed by atoms with van der Waals surface area (Å²) in [6.45, 7) is 19.3. The SMILES string of the molecule is C=C1N(CC(CC)CCCC)c2ccc(C)c(C)c2C1(C)C. The van der Waals surface area contributed by atoms with Gasteiger partial charge in [0.05, 0.1) is 0 Å². The monoisotopic (exact) mass is 299 g/mol. The van der Waals surface area contributed by atoms with Crippen LogP contribution in [-0.4, -0.2) is 6.54 Å². The van der Waals surface area contributed by atoms with E-state index in [9.17, 15) is 0 Å². The molecule has 1 heterocycles. The molecule has 0 saturated heterocycles. The number of nitrogens with zero attached hydrogens (tertiary/aromatic N) is 1. The minimum absolute atomic E-state index is 0.0501. The summed E-state index contributed by atoms with van der Waals surface area (Å²) >= 11 is 0. The van der Waals surface area contributed by atoms with Gasteiger partial charge in [0, 0.05) is 23.3 Å². The van der Waals surface area contributed by atoms with E-state index in [0.717, 1.165) is 12.5 Å². The first-order chi connectivity index (χ1) is 10.3. The molecule has 1 aliphatic heterocycles. The molecule has 2 rings (SSSR count). The zero-order valence-electron chi connectivity index (χ0n) is 15.4. The summed E-state index contributed by atoms with van der Waals surface area (Å²) in [5.41, 5.74) is 7.03. The number of anilines is 1. The molecule has 0 aliphatic carbocycles. The van der Waals surface area contributed by atoms with Gasteiger partial charge in [-0.25, -0.2) is 0 Å². The van der Waals surface area contributed by atoms with Crippen LogP contribution in [0, 0.1) is 19.8 Å². The molecule has 1 aromatic carbocycles. The van der Waals surface area contributed by atoms with Crippen LogP contribution >= 0.6 is 0 Å². The van der Waals surface area contributed by atoms with Gasteiger partial charge in [-0.1, -0.05) is 59.6 Å². The number of aryl methyl sites for hydroxylation is 1. The summed E-state index contributed by atoms with van der Waals surface area (Å²) in [6, 6.07) is 4.58. The Morgan fingerprint density at radius 1 is 1.18 bits per heavy atom. The first kappa shape index (κ1) is 17.1. The van der Waals surface area contributed by atoms with Crippen molar-refractivity contribution >= 4 is 5.69 Å². The maximum Gasteiger partial charge on any atom is 0.0453 e. The summed E-state index contributed by atoms with van der Waals surface area (Å²) in [6.07, 6.45) is 5.21. The molecule has 122 valence electrons. The van der Waals surface area contributed by atoms with E-state index in [4.69, 9.17) is 0 Å².